The molecule has 2 rings (SSSR count). The number of tetrazole rings is 1. The third-order valence-electron chi connectivity index (χ3n) is 1.85. The molecule has 9 nitrogen and oxygen atoms in total. The second kappa shape index (κ2) is 5.39. The summed E-state index contributed by atoms with van der Waals surface area (Å²) in [5.74, 6) is 0.424. The summed E-state index contributed by atoms with van der Waals surface area (Å²) in [5, 5.41) is 24.0. The summed E-state index contributed by atoms with van der Waals surface area (Å²) in [5.41, 5.74) is 0.273. The van der Waals surface area contributed by atoms with Gasteiger partial charge in [-0.3, -0.25) is 4.79 Å². The summed E-state index contributed by atoms with van der Waals surface area (Å²) in [4.78, 5) is 11.4. The van der Waals surface area contributed by atoms with Gasteiger partial charge in [-0.15, -0.1) is 5.10 Å². The second-order valence-corrected chi connectivity index (χ2v) is 4.11. The molecule has 0 saturated heterocycles. The Morgan fingerprint density at radius 2 is 2.53 bits per heavy atom. The van der Waals surface area contributed by atoms with Gasteiger partial charge < -0.3 is 5.32 Å². The lowest BCUT2D eigenvalue weighted by atomic mass is 10.4. The molecule has 0 aliphatic carbocycles. The van der Waals surface area contributed by atoms with Crippen LogP contribution in [0, 0.1) is 0 Å². The predicted octanol–water partition coefficient (Wildman–Crippen LogP) is -1.15. The highest BCUT2D eigenvalue weighted by Gasteiger charge is 2.08. The third kappa shape index (κ3) is 3.00. The number of hydrogen-bond donors (Lipinski definition) is 2. The van der Waals surface area contributed by atoms with E-state index in [1.54, 1.807) is 11.7 Å². The van der Waals surface area contributed by atoms with Gasteiger partial charge in [0.25, 0.3) is 5.91 Å². The van der Waals surface area contributed by atoms with Crippen molar-refractivity contribution >= 4 is 17.7 Å². The van der Waals surface area contributed by atoms with Crippen LogP contribution in [0.3, 0.4) is 0 Å². The van der Waals surface area contributed by atoms with Crippen molar-refractivity contribution in [1.82, 2.24) is 40.9 Å². The number of carbonyl (C=O) groups excluding carboxylic acids is 1. The molecule has 0 bridgehead atoms. The van der Waals surface area contributed by atoms with Crippen LogP contribution in [0.1, 0.15) is 10.5 Å². The molecule has 0 fully saturated rings. The van der Waals surface area contributed by atoms with Crippen molar-refractivity contribution in [2.24, 2.45) is 7.05 Å². The number of aryl methyl sites for hydroxylation is 1. The first-order valence-corrected chi connectivity index (χ1v) is 5.75. The van der Waals surface area contributed by atoms with Crippen molar-refractivity contribution in [2.75, 3.05) is 12.3 Å². The highest BCUT2D eigenvalue weighted by molar-refractivity contribution is 7.99. The summed E-state index contributed by atoms with van der Waals surface area (Å²) in [7, 11) is 1.76. The van der Waals surface area contributed by atoms with Crippen LogP contribution in [0.15, 0.2) is 11.4 Å². The average Bonchev–Trinajstić information content (AvgIpc) is 2.96. The average molecular weight is 254 g/mol. The predicted molar refractivity (Wildman–Crippen MR) is 58.2 cm³/mol. The Morgan fingerprint density at radius 1 is 1.65 bits per heavy atom. The van der Waals surface area contributed by atoms with Crippen LogP contribution in [-0.2, 0) is 7.05 Å². The molecule has 0 unspecified atom stereocenters. The largest absolute Gasteiger partial charge is 0.350 e. The van der Waals surface area contributed by atoms with Crippen molar-refractivity contribution in [3.05, 3.63) is 11.9 Å². The number of nitrogens with one attached hydrogen (secondary N) is 2. The van der Waals surface area contributed by atoms with E-state index in [1.807, 2.05) is 0 Å². The van der Waals surface area contributed by atoms with Crippen LogP contribution in [0.5, 0.6) is 0 Å². The van der Waals surface area contributed by atoms with E-state index in [9.17, 15) is 4.79 Å². The van der Waals surface area contributed by atoms with Gasteiger partial charge in [-0.2, -0.15) is 15.4 Å². The van der Waals surface area contributed by atoms with Crippen LogP contribution in [0.2, 0.25) is 0 Å². The fourth-order valence-corrected chi connectivity index (χ4v) is 1.76. The molecule has 0 spiro atoms. The monoisotopic (exact) mass is 254 g/mol. The first-order valence-electron chi connectivity index (χ1n) is 4.76. The van der Waals surface area contributed by atoms with Gasteiger partial charge in [0.05, 0.1) is 6.20 Å². The molecule has 90 valence electrons. The number of nitrogens with zero attached hydrogens (tertiary/aromatic N) is 6. The minimum Gasteiger partial charge on any atom is -0.350 e. The van der Waals surface area contributed by atoms with Gasteiger partial charge in [0.1, 0.15) is 0 Å². The number of hydrogen-bond acceptors (Lipinski definition) is 7. The van der Waals surface area contributed by atoms with Gasteiger partial charge >= 0.3 is 0 Å². The molecule has 2 aromatic rings. The first kappa shape index (κ1) is 11.5. The second-order valence-electron chi connectivity index (χ2n) is 3.04. The van der Waals surface area contributed by atoms with E-state index in [0.29, 0.717) is 17.5 Å². The van der Waals surface area contributed by atoms with E-state index in [0.717, 1.165) is 0 Å². The van der Waals surface area contributed by atoms with E-state index in [2.05, 4.69) is 36.3 Å². The summed E-state index contributed by atoms with van der Waals surface area (Å²) >= 11 is 1.46. The molecule has 0 aliphatic heterocycles. The zero-order valence-corrected chi connectivity index (χ0v) is 9.81. The Morgan fingerprint density at radius 3 is 3.18 bits per heavy atom. The molecule has 0 atom stereocenters. The minimum absolute atomic E-state index is 0.254. The van der Waals surface area contributed by atoms with Crippen LogP contribution < -0.4 is 5.32 Å². The lowest BCUT2D eigenvalue weighted by Crippen LogP contribution is -2.26. The number of H-pyrrole nitrogens is 1. The SMILES string of the molecule is Cn1nnnc1SCCNC(=O)c1cn[nH]n1. The van der Waals surface area contributed by atoms with Gasteiger partial charge in [0.2, 0.25) is 5.16 Å². The quantitative estimate of drug-likeness (QED) is 0.511. The third-order valence-corrected chi connectivity index (χ3v) is 2.86. The molecule has 2 aromatic heterocycles. The van der Waals surface area contributed by atoms with Gasteiger partial charge in [0, 0.05) is 19.3 Å². The Hall–Kier alpha value is -1.97. The van der Waals surface area contributed by atoms with Crippen molar-refractivity contribution in [3.8, 4) is 0 Å². The van der Waals surface area contributed by atoms with E-state index >= 15 is 0 Å². The Balaban J connectivity index is 1.70. The van der Waals surface area contributed by atoms with Gasteiger partial charge in [-0.25, -0.2) is 4.68 Å². The molecule has 10 heteroatoms. The van der Waals surface area contributed by atoms with Crippen molar-refractivity contribution in [2.45, 2.75) is 5.16 Å². The summed E-state index contributed by atoms with van der Waals surface area (Å²) in [6.07, 6.45) is 1.37. The van der Waals surface area contributed by atoms with E-state index in [1.165, 1.54) is 18.0 Å². The van der Waals surface area contributed by atoms with Gasteiger partial charge in [-0.1, -0.05) is 11.8 Å². The fraction of sp³-hybridized carbons (Fsp3) is 0.429. The molecule has 0 aromatic carbocycles. The van der Waals surface area contributed by atoms with Crippen molar-refractivity contribution < 1.29 is 4.79 Å². The Bertz CT molecular complexity index is 480. The summed E-state index contributed by atoms with van der Waals surface area (Å²) in [6.45, 7) is 0.503. The topological polar surface area (TPSA) is 114 Å². The zero-order chi connectivity index (χ0) is 12.1. The highest BCUT2D eigenvalue weighted by Crippen LogP contribution is 2.10. The molecule has 2 heterocycles. The van der Waals surface area contributed by atoms with Crippen LogP contribution >= 0.6 is 11.8 Å². The lowest BCUT2D eigenvalue weighted by molar-refractivity contribution is 0.0951. The molecule has 1 amide bonds. The molecule has 0 aliphatic rings. The first-order chi connectivity index (χ1) is 8.27. The molecular formula is C7H10N8OS. The minimum atomic E-state index is -0.254. The van der Waals surface area contributed by atoms with Gasteiger partial charge in [0.15, 0.2) is 5.69 Å². The maximum Gasteiger partial charge on any atom is 0.273 e. The normalized spacial score (nSPS) is 10.4. The van der Waals surface area contributed by atoms with Crippen molar-refractivity contribution in [1.29, 1.82) is 0 Å². The smallest absolute Gasteiger partial charge is 0.273 e. The molecular weight excluding hydrogens is 244 g/mol. The molecule has 2 N–H and O–H groups in total. The maximum absolute atomic E-state index is 11.4. The number of thioether (sulfide) groups is 1. The van der Waals surface area contributed by atoms with Crippen LogP contribution in [0.4, 0.5) is 0 Å². The number of rotatable bonds is 5. The molecule has 0 radical (unpaired) electrons. The van der Waals surface area contributed by atoms with Crippen LogP contribution in [0.25, 0.3) is 0 Å². The highest BCUT2D eigenvalue weighted by atomic mass is 32.2. The number of carbonyl (C=O) groups is 1. The fourth-order valence-electron chi connectivity index (χ4n) is 1.05. The van der Waals surface area contributed by atoms with Gasteiger partial charge in [-0.05, 0) is 10.4 Å². The maximum atomic E-state index is 11.4. The summed E-state index contributed by atoms with van der Waals surface area (Å²) < 4.78 is 1.57. The number of aromatic nitrogens is 7. The standard InChI is InChI=1S/C7H10N8OS/c1-15-7(11-13-14-15)17-3-2-8-6(16)5-4-9-12-10-5/h4H,2-3H2,1H3,(H,8,16)(H,9,10,12). The van der Waals surface area contributed by atoms with Crippen molar-refractivity contribution in [3.63, 3.8) is 0 Å². The number of aromatic amines is 1. The van der Waals surface area contributed by atoms with E-state index in [4.69, 9.17) is 0 Å². The zero-order valence-electron chi connectivity index (χ0n) is 8.99. The van der Waals surface area contributed by atoms with E-state index < -0.39 is 0 Å². The van der Waals surface area contributed by atoms with E-state index in [-0.39, 0.29) is 11.6 Å². The Labute approximate surface area is 100 Å². The molecule has 0 saturated carbocycles. The molecule has 17 heavy (non-hydrogen) atoms. The lowest BCUT2D eigenvalue weighted by Gasteiger charge is -2.01. The van der Waals surface area contributed by atoms with Crippen LogP contribution in [-0.4, -0.2) is 53.8 Å². The number of amides is 1. The Kier molecular flexibility index (Phi) is 3.65. The summed E-state index contributed by atoms with van der Waals surface area (Å²) in [6, 6.07) is 0.